The molecule has 0 spiro atoms. The van der Waals surface area contributed by atoms with Gasteiger partial charge in [0.25, 0.3) is 5.69 Å². The van der Waals surface area contributed by atoms with Crippen molar-refractivity contribution in [3.05, 3.63) is 33.3 Å². The summed E-state index contributed by atoms with van der Waals surface area (Å²) in [6.07, 6.45) is 0. The molecule has 0 heterocycles. The van der Waals surface area contributed by atoms with Crippen molar-refractivity contribution in [2.24, 2.45) is 0 Å². The molecule has 0 aliphatic heterocycles. The van der Waals surface area contributed by atoms with Crippen LogP contribution in [-0.2, 0) is 11.1 Å². The number of halogens is 1. The third kappa shape index (κ3) is 3.30. The first-order valence-corrected chi connectivity index (χ1v) is 4.55. The van der Waals surface area contributed by atoms with Gasteiger partial charge in [0, 0.05) is 6.07 Å². The Balaban J connectivity index is 0.00000169. The van der Waals surface area contributed by atoms with E-state index in [4.69, 9.17) is 16.2 Å². The van der Waals surface area contributed by atoms with E-state index >= 15 is 0 Å². The third-order valence-corrected chi connectivity index (χ3v) is 2.29. The van der Waals surface area contributed by atoms with Crippen molar-refractivity contribution < 1.29 is 13.7 Å². The van der Waals surface area contributed by atoms with Crippen molar-refractivity contribution in [2.75, 3.05) is 0 Å². The molecule has 1 rings (SSSR count). The van der Waals surface area contributed by atoms with Gasteiger partial charge in [-0.2, -0.15) is 0 Å². The standard InChI is InChI=1S/C6H4ClNO4S.Na.H/c7-5-2-1-4(13(11)12)3-6(5)8(9)10;;/h1-3H,(H,11,12);;. The fourth-order valence-electron chi connectivity index (χ4n) is 0.741. The summed E-state index contributed by atoms with van der Waals surface area (Å²) in [7, 11) is 0. The fraction of sp³-hybridized carbons (Fsp3) is 0. The van der Waals surface area contributed by atoms with Gasteiger partial charge in [-0.05, 0) is 12.1 Å². The van der Waals surface area contributed by atoms with Crippen LogP contribution in [0, 0.1) is 10.1 Å². The van der Waals surface area contributed by atoms with Gasteiger partial charge < -0.3 is 4.55 Å². The molecule has 1 aromatic rings. The summed E-state index contributed by atoms with van der Waals surface area (Å²) in [5, 5.41) is 10.3. The molecule has 8 heteroatoms. The average Bonchev–Trinajstić information content (AvgIpc) is 2.04. The van der Waals surface area contributed by atoms with Gasteiger partial charge in [0.05, 0.1) is 9.82 Å². The van der Waals surface area contributed by atoms with E-state index in [2.05, 4.69) is 0 Å². The van der Waals surface area contributed by atoms with Gasteiger partial charge in [-0.15, -0.1) is 0 Å². The van der Waals surface area contributed by atoms with Crippen LogP contribution < -0.4 is 0 Å². The van der Waals surface area contributed by atoms with Crippen molar-refractivity contribution in [3.63, 3.8) is 0 Å². The molecule has 5 nitrogen and oxygen atoms in total. The van der Waals surface area contributed by atoms with E-state index in [1.165, 1.54) is 12.1 Å². The molecule has 1 atom stereocenters. The Hall–Kier alpha value is 0.0200. The first kappa shape index (κ1) is 14.0. The van der Waals surface area contributed by atoms with E-state index in [-0.39, 0.29) is 45.2 Å². The maximum absolute atomic E-state index is 10.5. The molecule has 0 fully saturated rings. The minimum atomic E-state index is -2.23. The zero-order valence-corrected chi connectivity index (χ0v) is 7.71. The van der Waals surface area contributed by atoms with Gasteiger partial charge in [-0.25, -0.2) is 4.21 Å². The van der Waals surface area contributed by atoms with Crippen LogP contribution in [0.1, 0.15) is 0 Å². The third-order valence-electron chi connectivity index (χ3n) is 1.32. The molecule has 1 unspecified atom stereocenters. The van der Waals surface area contributed by atoms with Crippen LogP contribution in [0.2, 0.25) is 5.02 Å². The molecule has 0 aliphatic carbocycles. The Labute approximate surface area is 109 Å². The minimum absolute atomic E-state index is 0. The van der Waals surface area contributed by atoms with Crippen LogP contribution in [0.3, 0.4) is 0 Å². The predicted octanol–water partition coefficient (Wildman–Crippen LogP) is 1.18. The second-order valence-electron chi connectivity index (χ2n) is 2.12. The quantitative estimate of drug-likeness (QED) is 0.367. The average molecular weight is 246 g/mol. The van der Waals surface area contributed by atoms with Gasteiger partial charge in [-0.3, -0.25) is 10.1 Å². The van der Waals surface area contributed by atoms with Gasteiger partial charge in [0.2, 0.25) is 0 Å². The summed E-state index contributed by atoms with van der Waals surface area (Å²) in [4.78, 5) is 9.58. The summed E-state index contributed by atoms with van der Waals surface area (Å²) in [6, 6.07) is 3.44. The number of nitrogens with zero attached hydrogens (tertiary/aromatic N) is 1. The second-order valence-corrected chi connectivity index (χ2v) is 3.50. The van der Waals surface area contributed by atoms with Crippen LogP contribution in [0.5, 0.6) is 0 Å². The predicted molar refractivity (Wildman–Crippen MR) is 54.3 cm³/mol. The SMILES string of the molecule is O=[N+]([O-])c1cc(S(=O)O)ccc1Cl.[NaH]. The molecule has 0 aromatic heterocycles. The molecule has 1 aromatic carbocycles. The van der Waals surface area contributed by atoms with Crippen molar-refractivity contribution >= 4 is 57.9 Å². The van der Waals surface area contributed by atoms with Crippen LogP contribution in [0.15, 0.2) is 23.1 Å². The van der Waals surface area contributed by atoms with E-state index < -0.39 is 16.0 Å². The molecule has 0 bridgehead atoms. The first-order valence-electron chi connectivity index (χ1n) is 3.07. The van der Waals surface area contributed by atoms with Crippen LogP contribution >= 0.6 is 11.6 Å². The number of benzene rings is 1. The monoisotopic (exact) mass is 245 g/mol. The van der Waals surface area contributed by atoms with Crippen molar-refractivity contribution in [1.82, 2.24) is 0 Å². The summed E-state index contributed by atoms with van der Waals surface area (Å²) in [6.45, 7) is 0. The molecule has 14 heavy (non-hydrogen) atoms. The summed E-state index contributed by atoms with van der Waals surface area (Å²) >= 11 is 3.25. The summed E-state index contributed by atoms with van der Waals surface area (Å²) < 4.78 is 19.2. The number of hydrogen-bond donors (Lipinski definition) is 1. The topological polar surface area (TPSA) is 80.4 Å². The Morgan fingerprint density at radius 2 is 2.07 bits per heavy atom. The van der Waals surface area contributed by atoms with Crippen molar-refractivity contribution in [2.45, 2.75) is 4.90 Å². The van der Waals surface area contributed by atoms with E-state index in [1.807, 2.05) is 0 Å². The van der Waals surface area contributed by atoms with Gasteiger partial charge in [0.1, 0.15) is 5.02 Å². The number of nitro groups is 1. The van der Waals surface area contributed by atoms with Gasteiger partial charge >= 0.3 is 29.6 Å². The van der Waals surface area contributed by atoms with E-state index in [0.29, 0.717) is 0 Å². The zero-order chi connectivity index (χ0) is 10.0. The molecule has 0 saturated carbocycles. The van der Waals surface area contributed by atoms with Gasteiger partial charge in [0.15, 0.2) is 11.1 Å². The molecule has 0 aliphatic rings. The van der Waals surface area contributed by atoms with E-state index in [9.17, 15) is 14.3 Å². The van der Waals surface area contributed by atoms with Crippen LogP contribution in [0.4, 0.5) is 5.69 Å². The Bertz CT molecular complexity index is 386. The number of hydrogen-bond acceptors (Lipinski definition) is 3. The van der Waals surface area contributed by atoms with Crippen molar-refractivity contribution in [1.29, 1.82) is 0 Å². The summed E-state index contributed by atoms with van der Waals surface area (Å²) in [5.41, 5.74) is -0.374. The van der Waals surface area contributed by atoms with E-state index in [0.717, 1.165) is 6.07 Å². The summed E-state index contributed by atoms with van der Waals surface area (Å²) in [5.74, 6) is 0. The van der Waals surface area contributed by atoms with Gasteiger partial charge in [-0.1, -0.05) is 11.6 Å². The Morgan fingerprint density at radius 1 is 1.50 bits per heavy atom. The molecule has 72 valence electrons. The van der Waals surface area contributed by atoms with Crippen LogP contribution in [0.25, 0.3) is 0 Å². The molecular formula is C6H5ClNNaO4S. The zero-order valence-electron chi connectivity index (χ0n) is 6.14. The molecule has 0 radical (unpaired) electrons. The molecule has 0 amide bonds. The first-order chi connectivity index (χ1) is 6.02. The second kappa shape index (κ2) is 5.79. The maximum atomic E-state index is 10.5. The van der Waals surface area contributed by atoms with E-state index in [1.54, 1.807) is 0 Å². The molecule has 0 saturated heterocycles. The normalized spacial score (nSPS) is 11.6. The number of nitro benzene ring substituents is 1. The fourth-order valence-corrected chi connectivity index (χ4v) is 1.32. The molecular weight excluding hydrogens is 241 g/mol. The Morgan fingerprint density at radius 3 is 2.50 bits per heavy atom. The molecule has 1 N–H and O–H groups in total. The van der Waals surface area contributed by atoms with Crippen LogP contribution in [-0.4, -0.2) is 43.2 Å². The Kier molecular flexibility index (Phi) is 5.80. The number of rotatable bonds is 2. The van der Waals surface area contributed by atoms with Crippen molar-refractivity contribution in [3.8, 4) is 0 Å².